The number of nitrogens with zero attached hydrogens (tertiary/aromatic N) is 3. The molecule has 4 rings (SSSR count). The van der Waals surface area contributed by atoms with Crippen molar-refractivity contribution in [3.63, 3.8) is 0 Å². The summed E-state index contributed by atoms with van der Waals surface area (Å²) in [6.45, 7) is 3.68. The highest BCUT2D eigenvalue weighted by Gasteiger charge is 2.30. The van der Waals surface area contributed by atoms with E-state index in [-0.39, 0.29) is 5.82 Å². The van der Waals surface area contributed by atoms with Crippen LogP contribution in [0.15, 0.2) is 15.7 Å². The summed E-state index contributed by atoms with van der Waals surface area (Å²) in [5.41, 5.74) is 0.345. The van der Waals surface area contributed by atoms with Crippen LogP contribution in [0, 0.1) is 11.7 Å². The molecule has 1 aromatic heterocycles. The molecule has 1 aliphatic carbocycles. The summed E-state index contributed by atoms with van der Waals surface area (Å²) in [6.07, 6.45) is 8.03. The lowest BCUT2D eigenvalue weighted by atomic mass is 9.99. The molecular formula is C19H23BrFN3OS. The van der Waals surface area contributed by atoms with E-state index in [4.69, 9.17) is 9.72 Å². The molecule has 2 aliphatic rings. The molecule has 140 valence electrons. The van der Waals surface area contributed by atoms with Crippen molar-refractivity contribution in [3.05, 3.63) is 16.4 Å². The number of anilines is 1. The highest BCUT2D eigenvalue weighted by Crippen LogP contribution is 2.41. The molecule has 0 bridgehead atoms. The Balaban J connectivity index is 1.90. The van der Waals surface area contributed by atoms with Crippen molar-refractivity contribution in [2.24, 2.45) is 5.92 Å². The van der Waals surface area contributed by atoms with Crippen molar-refractivity contribution >= 4 is 44.4 Å². The Morgan fingerprint density at radius 1 is 1.31 bits per heavy atom. The van der Waals surface area contributed by atoms with Gasteiger partial charge in [-0.3, -0.25) is 0 Å². The topological polar surface area (TPSA) is 38.3 Å². The van der Waals surface area contributed by atoms with Crippen LogP contribution in [0.1, 0.15) is 39.0 Å². The number of halogens is 2. The van der Waals surface area contributed by atoms with Crippen molar-refractivity contribution in [1.82, 2.24) is 9.97 Å². The molecule has 7 heteroatoms. The SMILES string of the molecule is CSc1nc2c3c(cc(Br)c(F)c3n1)OCCN2C1CCCCC(C)C1. The molecule has 1 aliphatic heterocycles. The number of thioether (sulfide) groups is 1. The van der Waals surface area contributed by atoms with Gasteiger partial charge in [-0.05, 0) is 47.0 Å². The zero-order valence-corrected chi connectivity index (χ0v) is 17.5. The predicted molar refractivity (Wildman–Crippen MR) is 108 cm³/mol. The summed E-state index contributed by atoms with van der Waals surface area (Å²) in [5.74, 6) is 1.85. The Kier molecular flexibility index (Phi) is 5.28. The minimum absolute atomic E-state index is 0.345. The molecule has 0 radical (unpaired) electrons. The van der Waals surface area contributed by atoms with Crippen molar-refractivity contribution in [1.29, 1.82) is 0 Å². The average molecular weight is 440 g/mol. The van der Waals surface area contributed by atoms with E-state index in [9.17, 15) is 4.39 Å². The average Bonchev–Trinajstić information content (AvgIpc) is 2.95. The van der Waals surface area contributed by atoms with Gasteiger partial charge in [0, 0.05) is 6.04 Å². The zero-order chi connectivity index (χ0) is 18.3. The van der Waals surface area contributed by atoms with Crippen LogP contribution < -0.4 is 9.64 Å². The van der Waals surface area contributed by atoms with E-state index in [1.165, 1.54) is 31.0 Å². The molecule has 1 aromatic carbocycles. The van der Waals surface area contributed by atoms with E-state index in [1.807, 2.05) is 6.26 Å². The Bertz CT molecular complexity index is 834. The third-order valence-corrected chi connectivity index (χ3v) is 6.56. The Hall–Kier alpha value is -1.08. The van der Waals surface area contributed by atoms with Crippen LogP contribution >= 0.6 is 27.7 Å². The van der Waals surface area contributed by atoms with Gasteiger partial charge in [0.1, 0.15) is 23.7 Å². The highest BCUT2D eigenvalue weighted by molar-refractivity contribution is 9.10. The van der Waals surface area contributed by atoms with E-state index in [1.54, 1.807) is 6.07 Å². The van der Waals surface area contributed by atoms with Gasteiger partial charge in [-0.15, -0.1) is 0 Å². The summed E-state index contributed by atoms with van der Waals surface area (Å²) >= 11 is 4.75. The van der Waals surface area contributed by atoms with Gasteiger partial charge in [-0.1, -0.05) is 37.9 Å². The molecule has 0 saturated heterocycles. The van der Waals surface area contributed by atoms with Gasteiger partial charge in [0.2, 0.25) is 0 Å². The number of hydrogen-bond acceptors (Lipinski definition) is 5. The van der Waals surface area contributed by atoms with Crippen molar-refractivity contribution in [3.8, 4) is 5.75 Å². The van der Waals surface area contributed by atoms with Crippen molar-refractivity contribution in [2.75, 3.05) is 24.3 Å². The van der Waals surface area contributed by atoms with Gasteiger partial charge in [0.25, 0.3) is 0 Å². The fourth-order valence-corrected chi connectivity index (χ4v) is 4.92. The first kappa shape index (κ1) is 18.3. The van der Waals surface area contributed by atoms with Gasteiger partial charge in [0.05, 0.1) is 16.4 Å². The predicted octanol–water partition coefficient (Wildman–Crippen LogP) is 5.42. The molecule has 2 heterocycles. The third kappa shape index (κ3) is 3.28. The van der Waals surface area contributed by atoms with Crippen LogP contribution in [-0.2, 0) is 0 Å². The monoisotopic (exact) mass is 439 g/mol. The van der Waals surface area contributed by atoms with E-state index in [0.717, 1.165) is 25.2 Å². The Morgan fingerprint density at radius 2 is 2.12 bits per heavy atom. The van der Waals surface area contributed by atoms with Crippen LogP contribution in [0.3, 0.4) is 0 Å². The van der Waals surface area contributed by atoms with E-state index < -0.39 is 0 Å². The van der Waals surface area contributed by atoms with Gasteiger partial charge >= 0.3 is 0 Å². The maximum Gasteiger partial charge on any atom is 0.189 e. The molecule has 1 fully saturated rings. The first-order chi connectivity index (χ1) is 12.6. The van der Waals surface area contributed by atoms with Crippen LogP contribution in [-0.4, -0.2) is 35.4 Å². The van der Waals surface area contributed by atoms with Crippen LogP contribution in [0.4, 0.5) is 10.2 Å². The number of hydrogen-bond donors (Lipinski definition) is 0. The molecule has 0 spiro atoms. The fourth-order valence-electron chi connectivity index (χ4n) is 4.16. The summed E-state index contributed by atoms with van der Waals surface area (Å²) in [6, 6.07) is 2.13. The quantitative estimate of drug-likeness (QED) is 0.354. The summed E-state index contributed by atoms with van der Waals surface area (Å²) < 4.78 is 21.2. The minimum Gasteiger partial charge on any atom is -0.491 e. The second kappa shape index (κ2) is 7.50. The molecule has 2 aromatic rings. The lowest BCUT2D eigenvalue weighted by Gasteiger charge is -2.32. The summed E-state index contributed by atoms with van der Waals surface area (Å²) in [4.78, 5) is 11.6. The molecule has 0 amide bonds. The number of rotatable bonds is 2. The van der Waals surface area contributed by atoms with Crippen LogP contribution in [0.5, 0.6) is 5.75 Å². The molecule has 2 atom stereocenters. The molecule has 2 unspecified atom stereocenters. The maximum atomic E-state index is 14.8. The van der Waals surface area contributed by atoms with Crippen molar-refractivity contribution < 1.29 is 9.13 Å². The minimum atomic E-state index is -0.345. The highest BCUT2D eigenvalue weighted by atomic mass is 79.9. The molecule has 1 saturated carbocycles. The maximum absolute atomic E-state index is 14.8. The van der Waals surface area contributed by atoms with Gasteiger partial charge in [0.15, 0.2) is 11.0 Å². The normalized spacial score (nSPS) is 23.5. The fraction of sp³-hybridized carbons (Fsp3) is 0.579. The van der Waals surface area contributed by atoms with Crippen molar-refractivity contribution in [2.45, 2.75) is 50.2 Å². The molecule has 0 N–H and O–H groups in total. The lowest BCUT2D eigenvalue weighted by Crippen LogP contribution is -2.39. The second-order valence-corrected chi connectivity index (χ2v) is 8.88. The summed E-state index contributed by atoms with van der Waals surface area (Å²) in [5, 5.41) is 1.31. The molecule has 26 heavy (non-hydrogen) atoms. The number of aromatic nitrogens is 2. The standard InChI is InChI=1S/C19H23BrFN3OS/c1-11-5-3-4-6-12(9-11)24-7-8-25-14-10-13(20)16(21)17-15(14)18(24)23-19(22-17)26-2/h10-12H,3-9H2,1-2H3. The second-order valence-electron chi connectivity index (χ2n) is 7.25. The van der Waals surface area contributed by atoms with Crippen LogP contribution in [0.2, 0.25) is 0 Å². The van der Waals surface area contributed by atoms with Gasteiger partial charge < -0.3 is 9.64 Å². The lowest BCUT2D eigenvalue weighted by molar-refractivity contribution is 0.321. The Morgan fingerprint density at radius 3 is 2.92 bits per heavy atom. The van der Waals surface area contributed by atoms with Gasteiger partial charge in [-0.2, -0.15) is 0 Å². The van der Waals surface area contributed by atoms with E-state index in [2.05, 4.69) is 32.7 Å². The zero-order valence-electron chi connectivity index (χ0n) is 15.1. The number of benzene rings is 1. The summed E-state index contributed by atoms with van der Waals surface area (Å²) in [7, 11) is 0. The van der Waals surface area contributed by atoms with E-state index >= 15 is 0 Å². The first-order valence-corrected chi connectivity index (χ1v) is 11.2. The number of ether oxygens (including phenoxy) is 1. The molecule has 4 nitrogen and oxygen atoms in total. The van der Waals surface area contributed by atoms with E-state index in [0.29, 0.717) is 44.8 Å². The first-order valence-electron chi connectivity index (χ1n) is 9.21. The smallest absolute Gasteiger partial charge is 0.189 e. The third-order valence-electron chi connectivity index (χ3n) is 5.44. The Labute approximate surface area is 166 Å². The largest absolute Gasteiger partial charge is 0.491 e. The van der Waals surface area contributed by atoms with Gasteiger partial charge in [-0.25, -0.2) is 14.4 Å². The van der Waals surface area contributed by atoms with Crippen LogP contribution in [0.25, 0.3) is 10.9 Å². The molecular weight excluding hydrogens is 417 g/mol.